The Balaban J connectivity index is 2.20. The van der Waals surface area contributed by atoms with Crippen molar-refractivity contribution in [3.63, 3.8) is 0 Å². The SMILES string of the molecule is CCc1cc(CC(NC)c2occc2C)n(C)n1. The molecule has 18 heavy (non-hydrogen) atoms. The minimum absolute atomic E-state index is 0.195. The number of aryl methyl sites for hydroxylation is 3. The van der Waals surface area contributed by atoms with Crippen LogP contribution in [0, 0.1) is 6.92 Å². The van der Waals surface area contributed by atoms with Gasteiger partial charge in [0.25, 0.3) is 0 Å². The molecule has 0 saturated heterocycles. The molecule has 0 aliphatic rings. The van der Waals surface area contributed by atoms with Crippen molar-refractivity contribution in [2.24, 2.45) is 7.05 Å². The van der Waals surface area contributed by atoms with Crippen LogP contribution in [0.1, 0.15) is 35.7 Å². The van der Waals surface area contributed by atoms with Crippen molar-refractivity contribution in [1.29, 1.82) is 0 Å². The average Bonchev–Trinajstić information content (AvgIpc) is 2.93. The van der Waals surface area contributed by atoms with Crippen molar-refractivity contribution in [3.05, 3.63) is 41.1 Å². The molecule has 0 amide bonds. The molecule has 0 aliphatic heterocycles. The summed E-state index contributed by atoms with van der Waals surface area (Å²) in [5, 5.41) is 7.79. The molecule has 0 saturated carbocycles. The van der Waals surface area contributed by atoms with Gasteiger partial charge in [0.05, 0.1) is 18.0 Å². The van der Waals surface area contributed by atoms with E-state index in [1.54, 1.807) is 6.26 Å². The molecule has 2 heterocycles. The highest BCUT2D eigenvalue weighted by Gasteiger charge is 2.17. The van der Waals surface area contributed by atoms with Crippen molar-refractivity contribution in [1.82, 2.24) is 15.1 Å². The summed E-state index contributed by atoms with van der Waals surface area (Å²) in [4.78, 5) is 0. The van der Waals surface area contributed by atoms with E-state index in [0.29, 0.717) is 0 Å². The van der Waals surface area contributed by atoms with E-state index >= 15 is 0 Å². The molecule has 98 valence electrons. The van der Waals surface area contributed by atoms with Gasteiger partial charge in [0.15, 0.2) is 0 Å². The summed E-state index contributed by atoms with van der Waals surface area (Å²) in [6.45, 7) is 4.20. The zero-order valence-corrected chi connectivity index (χ0v) is 11.5. The molecule has 1 N–H and O–H groups in total. The first-order valence-electron chi connectivity index (χ1n) is 6.38. The van der Waals surface area contributed by atoms with E-state index in [9.17, 15) is 0 Å². The first kappa shape index (κ1) is 12.9. The summed E-state index contributed by atoms with van der Waals surface area (Å²) < 4.78 is 7.53. The lowest BCUT2D eigenvalue weighted by atomic mass is 10.1. The predicted molar refractivity (Wildman–Crippen MR) is 71.5 cm³/mol. The van der Waals surface area contributed by atoms with Gasteiger partial charge in [-0.25, -0.2) is 0 Å². The summed E-state index contributed by atoms with van der Waals surface area (Å²) in [5.41, 5.74) is 3.55. The maximum atomic E-state index is 5.57. The van der Waals surface area contributed by atoms with Crippen molar-refractivity contribution >= 4 is 0 Å². The Morgan fingerprint density at radius 2 is 2.28 bits per heavy atom. The molecule has 0 bridgehead atoms. The van der Waals surface area contributed by atoms with Crippen molar-refractivity contribution in [3.8, 4) is 0 Å². The Kier molecular flexibility index (Phi) is 3.87. The highest BCUT2D eigenvalue weighted by Crippen LogP contribution is 2.22. The molecule has 1 unspecified atom stereocenters. The molecule has 2 aromatic heterocycles. The van der Waals surface area contributed by atoms with Crippen LogP contribution in [0.2, 0.25) is 0 Å². The van der Waals surface area contributed by atoms with E-state index in [0.717, 1.165) is 24.3 Å². The third kappa shape index (κ3) is 2.48. The maximum absolute atomic E-state index is 5.57. The molecule has 0 radical (unpaired) electrons. The minimum Gasteiger partial charge on any atom is -0.467 e. The smallest absolute Gasteiger partial charge is 0.123 e. The maximum Gasteiger partial charge on any atom is 0.123 e. The van der Waals surface area contributed by atoms with Crippen LogP contribution >= 0.6 is 0 Å². The quantitative estimate of drug-likeness (QED) is 0.882. The second-order valence-electron chi connectivity index (χ2n) is 4.62. The molecule has 2 aromatic rings. The van der Waals surface area contributed by atoms with E-state index in [1.165, 1.54) is 11.3 Å². The number of furan rings is 1. The van der Waals surface area contributed by atoms with Gasteiger partial charge in [-0.15, -0.1) is 0 Å². The van der Waals surface area contributed by atoms with Gasteiger partial charge < -0.3 is 9.73 Å². The summed E-state index contributed by atoms with van der Waals surface area (Å²) in [6, 6.07) is 4.36. The number of nitrogens with zero attached hydrogens (tertiary/aromatic N) is 2. The zero-order valence-electron chi connectivity index (χ0n) is 11.5. The molecular weight excluding hydrogens is 226 g/mol. The van der Waals surface area contributed by atoms with E-state index < -0.39 is 0 Å². The fraction of sp³-hybridized carbons (Fsp3) is 0.500. The zero-order chi connectivity index (χ0) is 13.1. The van der Waals surface area contributed by atoms with Crippen LogP contribution in [0.25, 0.3) is 0 Å². The van der Waals surface area contributed by atoms with Gasteiger partial charge in [-0.2, -0.15) is 5.10 Å². The predicted octanol–water partition coefficient (Wildman–Crippen LogP) is 2.39. The van der Waals surface area contributed by atoms with Gasteiger partial charge in [-0.1, -0.05) is 6.92 Å². The number of aromatic nitrogens is 2. The molecule has 2 rings (SSSR count). The first-order chi connectivity index (χ1) is 8.65. The van der Waals surface area contributed by atoms with Gasteiger partial charge in [-0.3, -0.25) is 4.68 Å². The van der Waals surface area contributed by atoms with Crippen LogP contribution in [0.4, 0.5) is 0 Å². The van der Waals surface area contributed by atoms with E-state index in [2.05, 4.69) is 30.3 Å². The normalized spacial score (nSPS) is 12.9. The monoisotopic (exact) mass is 247 g/mol. The van der Waals surface area contributed by atoms with Crippen molar-refractivity contribution in [2.75, 3.05) is 7.05 Å². The first-order valence-corrected chi connectivity index (χ1v) is 6.38. The number of rotatable bonds is 5. The number of hydrogen-bond donors (Lipinski definition) is 1. The Morgan fingerprint density at radius 1 is 1.50 bits per heavy atom. The Bertz CT molecular complexity index is 513. The Morgan fingerprint density at radius 3 is 2.78 bits per heavy atom. The van der Waals surface area contributed by atoms with Gasteiger partial charge in [0.2, 0.25) is 0 Å². The molecule has 0 spiro atoms. The highest BCUT2D eigenvalue weighted by atomic mass is 16.3. The van der Waals surface area contributed by atoms with Crippen LogP contribution in [-0.2, 0) is 19.9 Å². The lowest BCUT2D eigenvalue weighted by Crippen LogP contribution is -2.20. The number of nitrogens with one attached hydrogen (secondary N) is 1. The van der Waals surface area contributed by atoms with Gasteiger partial charge in [-0.05, 0) is 38.1 Å². The van der Waals surface area contributed by atoms with Gasteiger partial charge >= 0.3 is 0 Å². The van der Waals surface area contributed by atoms with Crippen LogP contribution in [-0.4, -0.2) is 16.8 Å². The highest BCUT2D eigenvalue weighted by molar-refractivity contribution is 5.21. The van der Waals surface area contributed by atoms with Crippen LogP contribution < -0.4 is 5.32 Å². The second-order valence-corrected chi connectivity index (χ2v) is 4.62. The molecule has 4 heteroatoms. The molecule has 0 aliphatic carbocycles. The average molecular weight is 247 g/mol. The van der Waals surface area contributed by atoms with Crippen molar-refractivity contribution < 1.29 is 4.42 Å². The summed E-state index contributed by atoms with van der Waals surface area (Å²) in [7, 11) is 3.96. The summed E-state index contributed by atoms with van der Waals surface area (Å²) >= 11 is 0. The van der Waals surface area contributed by atoms with Gasteiger partial charge in [0.1, 0.15) is 5.76 Å². The molecular formula is C14H21N3O. The van der Waals surface area contributed by atoms with E-state index in [1.807, 2.05) is 24.8 Å². The van der Waals surface area contributed by atoms with Gasteiger partial charge in [0, 0.05) is 19.2 Å². The van der Waals surface area contributed by atoms with Crippen molar-refractivity contribution in [2.45, 2.75) is 32.7 Å². The second kappa shape index (κ2) is 5.40. The fourth-order valence-electron chi connectivity index (χ4n) is 2.21. The topological polar surface area (TPSA) is 43.0 Å². The van der Waals surface area contributed by atoms with Crippen LogP contribution in [0.15, 0.2) is 22.8 Å². The Hall–Kier alpha value is -1.55. The lowest BCUT2D eigenvalue weighted by Gasteiger charge is -2.14. The minimum atomic E-state index is 0.195. The number of likely N-dealkylation sites (N-methyl/N-ethyl adjacent to an activating group) is 1. The standard InChI is InChI=1S/C14H21N3O/c1-5-11-8-12(17(4)16-11)9-13(15-3)14-10(2)6-7-18-14/h6-8,13,15H,5,9H2,1-4H3. The van der Waals surface area contributed by atoms with E-state index in [4.69, 9.17) is 4.42 Å². The largest absolute Gasteiger partial charge is 0.467 e. The molecule has 4 nitrogen and oxygen atoms in total. The number of hydrogen-bond acceptors (Lipinski definition) is 3. The third-order valence-electron chi connectivity index (χ3n) is 3.37. The van der Waals surface area contributed by atoms with Crippen LogP contribution in [0.5, 0.6) is 0 Å². The third-order valence-corrected chi connectivity index (χ3v) is 3.37. The Labute approximate surface area is 108 Å². The summed E-state index contributed by atoms with van der Waals surface area (Å²) in [5.74, 6) is 1.01. The fourth-order valence-corrected chi connectivity index (χ4v) is 2.21. The van der Waals surface area contributed by atoms with E-state index in [-0.39, 0.29) is 6.04 Å². The lowest BCUT2D eigenvalue weighted by molar-refractivity contribution is 0.420. The summed E-state index contributed by atoms with van der Waals surface area (Å²) in [6.07, 6.45) is 3.60. The molecule has 1 atom stereocenters. The molecule has 0 fully saturated rings. The molecule has 0 aromatic carbocycles. The van der Waals surface area contributed by atoms with Crippen LogP contribution in [0.3, 0.4) is 0 Å².